The van der Waals surface area contributed by atoms with Gasteiger partial charge in [-0.05, 0) is 22.3 Å². The molecule has 35 heavy (non-hydrogen) atoms. The molecule has 0 radical (unpaired) electrons. The highest BCUT2D eigenvalue weighted by molar-refractivity contribution is 8.23. The van der Waals surface area contributed by atoms with Gasteiger partial charge in [-0.1, -0.05) is 121 Å². The fourth-order valence-electron chi connectivity index (χ4n) is 4.77. The summed E-state index contributed by atoms with van der Waals surface area (Å²) in [5, 5.41) is 0. The summed E-state index contributed by atoms with van der Waals surface area (Å²) in [7, 11) is -8.70. The van der Waals surface area contributed by atoms with E-state index in [0.29, 0.717) is 22.3 Å². The minimum absolute atomic E-state index is 0.129. The second-order valence-electron chi connectivity index (χ2n) is 8.63. The number of sulfone groups is 2. The third-order valence-corrected chi connectivity index (χ3v) is 12.4. The monoisotopic (exact) mass is 500 g/mol. The van der Waals surface area contributed by atoms with Crippen LogP contribution in [0.25, 0.3) is 9.81 Å². The van der Waals surface area contributed by atoms with Gasteiger partial charge in [-0.15, -0.1) is 0 Å². The van der Waals surface area contributed by atoms with Gasteiger partial charge in [0, 0.05) is 12.8 Å². The molecule has 0 N–H and O–H groups in total. The Morgan fingerprint density at radius 3 is 1.03 bits per heavy atom. The van der Waals surface area contributed by atoms with E-state index >= 15 is 0 Å². The van der Waals surface area contributed by atoms with Crippen molar-refractivity contribution in [2.45, 2.75) is 16.9 Å². The van der Waals surface area contributed by atoms with Crippen LogP contribution < -0.4 is 0 Å². The molecule has 0 saturated heterocycles. The Morgan fingerprint density at radius 1 is 0.429 bits per heavy atom. The van der Waals surface area contributed by atoms with Gasteiger partial charge in [-0.25, -0.2) is 16.8 Å². The van der Waals surface area contributed by atoms with Crippen LogP contribution in [0.4, 0.5) is 0 Å². The van der Waals surface area contributed by atoms with Crippen LogP contribution in [0, 0.1) is 0 Å². The number of rotatable bonds is 6. The van der Waals surface area contributed by atoms with Crippen molar-refractivity contribution < 1.29 is 16.8 Å². The lowest BCUT2D eigenvalue weighted by molar-refractivity contribution is 0.547. The highest BCUT2D eigenvalue weighted by Crippen LogP contribution is 2.54. The molecule has 0 atom stereocenters. The molecule has 1 aliphatic heterocycles. The molecule has 6 heteroatoms. The molecule has 176 valence electrons. The summed E-state index contributed by atoms with van der Waals surface area (Å²) in [6.07, 6.45) is -0.305. The lowest BCUT2D eigenvalue weighted by Gasteiger charge is -2.29. The van der Waals surface area contributed by atoms with Crippen molar-refractivity contribution in [3.63, 3.8) is 0 Å². The Hall–Kier alpha value is -3.48. The summed E-state index contributed by atoms with van der Waals surface area (Å²) >= 11 is 0. The second-order valence-corrected chi connectivity index (χ2v) is 13.3. The molecule has 0 spiro atoms. The molecule has 0 saturated carbocycles. The zero-order valence-corrected chi connectivity index (χ0v) is 20.5. The maximum atomic E-state index is 14.6. The molecular weight excluding hydrogens is 476 g/mol. The van der Waals surface area contributed by atoms with Crippen molar-refractivity contribution in [3.8, 4) is 0 Å². The van der Waals surface area contributed by atoms with E-state index in [4.69, 9.17) is 0 Å². The topological polar surface area (TPSA) is 68.3 Å². The van der Waals surface area contributed by atoms with Crippen LogP contribution in [0.3, 0.4) is 0 Å². The van der Waals surface area contributed by atoms with Crippen molar-refractivity contribution in [1.82, 2.24) is 0 Å². The van der Waals surface area contributed by atoms with Gasteiger partial charge in [0.1, 0.15) is 0 Å². The minimum atomic E-state index is -4.35. The molecule has 4 nitrogen and oxygen atoms in total. The van der Waals surface area contributed by atoms with Gasteiger partial charge in [-0.2, -0.15) is 0 Å². The first-order chi connectivity index (χ1) is 16.9. The normalized spacial score (nSPS) is 17.8. The molecular formula is C29H24O4S2. The Balaban J connectivity index is 1.85. The standard InChI is InChI=1S/C29H24O4S2/c30-34(31)27(25-17-9-3-10-18-25)28(26-19-11-4-12-20-26)35(32,33)29(34,21-23-13-5-1-6-14-23)22-24-15-7-2-8-16-24/h1-20H,21-22H2. The van der Waals surface area contributed by atoms with E-state index in [1.165, 1.54) is 0 Å². The lowest BCUT2D eigenvalue weighted by Crippen LogP contribution is -2.46. The van der Waals surface area contributed by atoms with E-state index < -0.39 is 23.8 Å². The van der Waals surface area contributed by atoms with E-state index in [0.717, 1.165) is 0 Å². The Kier molecular flexibility index (Phi) is 5.95. The molecule has 0 amide bonds. The third-order valence-electron chi connectivity index (χ3n) is 6.43. The Morgan fingerprint density at radius 2 is 0.714 bits per heavy atom. The molecule has 1 heterocycles. The SMILES string of the molecule is O=S1(=O)C(c2ccccc2)=C(c2ccccc2)S(=O)(=O)C1(Cc1ccccc1)Cc1ccccc1. The smallest absolute Gasteiger partial charge is 0.201 e. The molecule has 0 unspecified atom stereocenters. The fraction of sp³-hybridized carbons (Fsp3) is 0.103. The van der Waals surface area contributed by atoms with E-state index in [1.807, 2.05) is 12.1 Å². The average Bonchev–Trinajstić information content (AvgIpc) is 3.01. The molecule has 1 aliphatic rings. The first-order valence-corrected chi connectivity index (χ1v) is 14.3. The highest BCUT2D eigenvalue weighted by atomic mass is 32.3. The van der Waals surface area contributed by atoms with Crippen LogP contribution >= 0.6 is 0 Å². The molecule has 0 bridgehead atoms. The summed E-state index contributed by atoms with van der Waals surface area (Å²) < 4.78 is 56.3. The van der Waals surface area contributed by atoms with E-state index in [1.54, 1.807) is 109 Å². The second kappa shape index (κ2) is 8.95. The van der Waals surface area contributed by atoms with Gasteiger partial charge < -0.3 is 0 Å². The molecule has 4 aromatic rings. The predicted octanol–water partition coefficient (Wildman–Crippen LogP) is 5.54. The van der Waals surface area contributed by atoms with Crippen LogP contribution in [0.2, 0.25) is 0 Å². The van der Waals surface area contributed by atoms with Crippen LogP contribution in [-0.4, -0.2) is 20.9 Å². The maximum absolute atomic E-state index is 14.6. The van der Waals surface area contributed by atoms with Crippen molar-refractivity contribution >= 4 is 29.5 Å². The van der Waals surface area contributed by atoms with Gasteiger partial charge in [0.05, 0.1) is 9.81 Å². The van der Waals surface area contributed by atoms with E-state index in [9.17, 15) is 16.8 Å². The van der Waals surface area contributed by atoms with Crippen LogP contribution in [0.1, 0.15) is 22.3 Å². The predicted molar refractivity (Wildman–Crippen MR) is 141 cm³/mol. The molecule has 0 aliphatic carbocycles. The molecule has 5 rings (SSSR count). The maximum Gasteiger partial charge on any atom is 0.201 e. The first-order valence-electron chi connectivity index (χ1n) is 11.3. The van der Waals surface area contributed by atoms with Crippen molar-refractivity contribution in [3.05, 3.63) is 144 Å². The zero-order chi connectivity index (χ0) is 24.5. The Bertz CT molecular complexity index is 1450. The van der Waals surface area contributed by atoms with Gasteiger partial charge in [0.15, 0.2) is 4.08 Å². The molecule has 0 fully saturated rings. The quantitative estimate of drug-likeness (QED) is 0.349. The molecule has 4 aromatic carbocycles. The van der Waals surface area contributed by atoms with Crippen LogP contribution in [0.5, 0.6) is 0 Å². The summed E-state index contributed by atoms with van der Waals surface area (Å²) in [6, 6.07) is 35.0. The zero-order valence-electron chi connectivity index (χ0n) is 18.9. The van der Waals surface area contributed by atoms with Gasteiger partial charge in [0.2, 0.25) is 19.7 Å². The fourth-order valence-corrected chi connectivity index (χ4v) is 10.9. The summed E-state index contributed by atoms with van der Waals surface area (Å²) in [5.74, 6) is 0. The van der Waals surface area contributed by atoms with Crippen LogP contribution in [0.15, 0.2) is 121 Å². The van der Waals surface area contributed by atoms with Crippen molar-refractivity contribution in [2.24, 2.45) is 0 Å². The lowest BCUT2D eigenvalue weighted by atomic mass is 10.0. The number of hydrogen-bond donors (Lipinski definition) is 0. The number of hydrogen-bond acceptors (Lipinski definition) is 4. The van der Waals surface area contributed by atoms with E-state index in [-0.39, 0.29) is 22.7 Å². The van der Waals surface area contributed by atoms with E-state index in [2.05, 4.69) is 0 Å². The van der Waals surface area contributed by atoms with Gasteiger partial charge in [-0.3, -0.25) is 0 Å². The van der Waals surface area contributed by atoms with Gasteiger partial charge in [0.25, 0.3) is 0 Å². The minimum Gasteiger partial charge on any atom is -0.222 e. The first kappa shape index (κ1) is 23.3. The average molecular weight is 501 g/mol. The largest absolute Gasteiger partial charge is 0.222 e. The van der Waals surface area contributed by atoms with Crippen LogP contribution in [-0.2, 0) is 32.5 Å². The van der Waals surface area contributed by atoms with Crippen molar-refractivity contribution in [1.29, 1.82) is 0 Å². The molecule has 0 aromatic heterocycles. The Labute approximate surface area is 206 Å². The highest BCUT2D eigenvalue weighted by Gasteiger charge is 2.64. The van der Waals surface area contributed by atoms with Gasteiger partial charge >= 0.3 is 0 Å². The summed E-state index contributed by atoms with van der Waals surface area (Å²) in [4.78, 5) is -0.257. The van der Waals surface area contributed by atoms with Crippen molar-refractivity contribution in [2.75, 3.05) is 0 Å². The third kappa shape index (κ3) is 3.83. The summed E-state index contributed by atoms with van der Waals surface area (Å²) in [5.41, 5.74) is 2.05. The summed E-state index contributed by atoms with van der Waals surface area (Å²) in [6.45, 7) is 0. The number of benzene rings is 4.